The second kappa shape index (κ2) is 5.69. The van der Waals surface area contributed by atoms with Crippen molar-refractivity contribution in [3.05, 3.63) is 0 Å². The van der Waals surface area contributed by atoms with Crippen molar-refractivity contribution in [3.8, 4) is 0 Å². The molecule has 84 valence electrons. The van der Waals surface area contributed by atoms with Crippen LogP contribution in [0.25, 0.3) is 0 Å². The monoisotopic (exact) mass is 201 g/mol. The summed E-state index contributed by atoms with van der Waals surface area (Å²) in [6.07, 6.45) is 4.80. The molecule has 1 aliphatic carbocycles. The molecule has 0 aromatic rings. The van der Waals surface area contributed by atoms with E-state index in [0.29, 0.717) is 6.04 Å². The van der Waals surface area contributed by atoms with E-state index in [4.69, 9.17) is 0 Å². The lowest BCUT2D eigenvalue weighted by atomic mass is 9.91. The van der Waals surface area contributed by atoms with Gasteiger partial charge in [-0.25, -0.2) is 0 Å². The maximum absolute atomic E-state index is 9.80. The van der Waals surface area contributed by atoms with Gasteiger partial charge in [-0.3, -0.25) is 0 Å². The molecule has 1 aliphatic rings. The Morgan fingerprint density at radius 1 is 1.36 bits per heavy atom. The van der Waals surface area contributed by atoms with Crippen LogP contribution < -0.4 is 0 Å². The molecule has 3 atom stereocenters. The Morgan fingerprint density at radius 3 is 2.57 bits per heavy atom. The van der Waals surface area contributed by atoms with Crippen LogP contribution in [0.1, 0.15) is 39.0 Å². The number of nitrogens with zero attached hydrogens (tertiary/aromatic N) is 1. The first-order chi connectivity index (χ1) is 6.61. The molecule has 0 amide bonds. The molecule has 0 radical (unpaired) electrons. The Balaban J connectivity index is 2.30. The molecule has 0 bridgehead atoms. The van der Waals surface area contributed by atoms with Gasteiger partial charge in [0, 0.05) is 12.6 Å². The van der Waals surface area contributed by atoms with Gasteiger partial charge in [0.05, 0.1) is 12.2 Å². The van der Waals surface area contributed by atoms with E-state index < -0.39 is 0 Å². The summed E-state index contributed by atoms with van der Waals surface area (Å²) in [6, 6.07) is 0.308. The molecule has 1 fully saturated rings. The van der Waals surface area contributed by atoms with Crippen LogP contribution in [0.2, 0.25) is 0 Å². The lowest BCUT2D eigenvalue weighted by Crippen LogP contribution is -2.44. The molecule has 0 heterocycles. The molecular weight excluding hydrogens is 178 g/mol. The summed E-state index contributed by atoms with van der Waals surface area (Å²) in [5.41, 5.74) is 0. The highest BCUT2D eigenvalue weighted by Crippen LogP contribution is 2.22. The zero-order chi connectivity index (χ0) is 10.6. The summed E-state index contributed by atoms with van der Waals surface area (Å²) < 4.78 is 0. The van der Waals surface area contributed by atoms with Crippen molar-refractivity contribution in [2.75, 3.05) is 13.6 Å². The van der Waals surface area contributed by atoms with E-state index in [2.05, 4.69) is 4.90 Å². The van der Waals surface area contributed by atoms with Gasteiger partial charge in [0.1, 0.15) is 0 Å². The van der Waals surface area contributed by atoms with E-state index in [9.17, 15) is 10.2 Å². The number of aliphatic hydroxyl groups excluding tert-OH is 2. The molecule has 0 aliphatic heterocycles. The molecule has 2 N–H and O–H groups in total. The fourth-order valence-electron chi connectivity index (χ4n) is 2.16. The van der Waals surface area contributed by atoms with Crippen molar-refractivity contribution in [2.24, 2.45) is 0 Å². The van der Waals surface area contributed by atoms with Crippen LogP contribution in [0.15, 0.2) is 0 Å². The van der Waals surface area contributed by atoms with Gasteiger partial charge >= 0.3 is 0 Å². The van der Waals surface area contributed by atoms with Gasteiger partial charge in [0.2, 0.25) is 0 Å². The largest absolute Gasteiger partial charge is 0.393 e. The first-order valence-electron chi connectivity index (χ1n) is 5.67. The van der Waals surface area contributed by atoms with E-state index in [1.807, 2.05) is 14.0 Å². The first-order valence-corrected chi connectivity index (χ1v) is 5.67. The number of rotatable bonds is 4. The minimum atomic E-state index is -0.238. The van der Waals surface area contributed by atoms with Crippen LogP contribution in [-0.2, 0) is 0 Å². The van der Waals surface area contributed by atoms with Gasteiger partial charge in [-0.05, 0) is 33.2 Å². The van der Waals surface area contributed by atoms with Gasteiger partial charge < -0.3 is 15.1 Å². The third-order valence-electron chi connectivity index (χ3n) is 3.16. The fourth-order valence-corrected chi connectivity index (χ4v) is 2.16. The van der Waals surface area contributed by atoms with Crippen LogP contribution in [0.4, 0.5) is 0 Å². The lowest BCUT2D eigenvalue weighted by Gasteiger charge is -2.35. The van der Waals surface area contributed by atoms with Crippen LogP contribution in [0.3, 0.4) is 0 Å². The van der Waals surface area contributed by atoms with Gasteiger partial charge in [-0.1, -0.05) is 12.8 Å². The van der Waals surface area contributed by atoms with E-state index >= 15 is 0 Å². The molecule has 1 unspecified atom stereocenters. The van der Waals surface area contributed by atoms with Crippen molar-refractivity contribution < 1.29 is 10.2 Å². The predicted molar refractivity (Wildman–Crippen MR) is 57.2 cm³/mol. The number of hydrogen-bond donors (Lipinski definition) is 2. The molecule has 1 rings (SSSR count). The first kappa shape index (κ1) is 12.0. The number of aliphatic hydroxyl groups is 2. The number of likely N-dealkylation sites (N-methyl/N-ethyl adjacent to an activating group) is 1. The highest BCUT2D eigenvalue weighted by Gasteiger charge is 2.26. The molecule has 0 saturated heterocycles. The van der Waals surface area contributed by atoms with Crippen LogP contribution in [0.5, 0.6) is 0 Å². The Hall–Kier alpha value is -0.120. The number of hydrogen-bond acceptors (Lipinski definition) is 3. The normalized spacial score (nSPS) is 30.6. The molecule has 3 heteroatoms. The highest BCUT2D eigenvalue weighted by molar-refractivity contribution is 4.81. The van der Waals surface area contributed by atoms with Crippen LogP contribution in [0, 0.1) is 0 Å². The smallest absolute Gasteiger partial charge is 0.0695 e. The molecule has 3 nitrogen and oxygen atoms in total. The third-order valence-corrected chi connectivity index (χ3v) is 3.16. The summed E-state index contributed by atoms with van der Waals surface area (Å²) in [4.78, 5) is 2.19. The zero-order valence-electron chi connectivity index (χ0n) is 9.32. The van der Waals surface area contributed by atoms with E-state index in [0.717, 1.165) is 32.2 Å². The average Bonchev–Trinajstić information content (AvgIpc) is 2.15. The summed E-state index contributed by atoms with van der Waals surface area (Å²) in [7, 11) is 2.04. The van der Waals surface area contributed by atoms with Gasteiger partial charge in [0.25, 0.3) is 0 Å². The minimum absolute atomic E-state index is 0.164. The van der Waals surface area contributed by atoms with Crippen molar-refractivity contribution >= 4 is 0 Å². The van der Waals surface area contributed by atoms with E-state index in [-0.39, 0.29) is 12.2 Å². The van der Waals surface area contributed by atoms with Crippen molar-refractivity contribution in [1.29, 1.82) is 0 Å². The van der Waals surface area contributed by atoms with Crippen molar-refractivity contribution in [1.82, 2.24) is 4.90 Å². The molecule has 0 aromatic heterocycles. The van der Waals surface area contributed by atoms with Crippen LogP contribution >= 0.6 is 0 Å². The predicted octanol–water partition coefficient (Wildman–Crippen LogP) is 0.993. The maximum atomic E-state index is 9.80. The zero-order valence-corrected chi connectivity index (χ0v) is 9.32. The minimum Gasteiger partial charge on any atom is -0.393 e. The average molecular weight is 201 g/mol. The van der Waals surface area contributed by atoms with E-state index in [1.54, 1.807) is 0 Å². The second-order valence-corrected chi connectivity index (χ2v) is 4.54. The standard InChI is InChI=1S/C11H23NO2/c1-9(13)7-8-12(2)10-5-3-4-6-11(10)14/h9-11,13-14H,3-8H2,1-2H3/t9?,10-,11-/m0/s1. The van der Waals surface area contributed by atoms with Crippen LogP contribution in [-0.4, -0.2) is 47.0 Å². The topological polar surface area (TPSA) is 43.7 Å². The summed E-state index contributed by atoms with van der Waals surface area (Å²) in [6.45, 7) is 2.69. The van der Waals surface area contributed by atoms with Crippen molar-refractivity contribution in [3.63, 3.8) is 0 Å². The quantitative estimate of drug-likeness (QED) is 0.713. The fraction of sp³-hybridized carbons (Fsp3) is 1.00. The van der Waals surface area contributed by atoms with Gasteiger partial charge in [-0.2, -0.15) is 0 Å². The SMILES string of the molecule is CC(O)CCN(C)[C@H]1CCCC[C@@H]1O. The molecule has 0 aromatic carbocycles. The summed E-state index contributed by atoms with van der Waals surface area (Å²) >= 11 is 0. The second-order valence-electron chi connectivity index (χ2n) is 4.54. The molecule has 1 saturated carbocycles. The van der Waals surface area contributed by atoms with Crippen molar-refractivity contribution in [2.45, 2.75) is 57.3 Å². The Labute approximate surface area is 86.7 Å². The molecular formula is C11H23NO2. The lowest BCUT2D eigenvalue weighted by molar-refractivity contribution is 0.0264. The van der Waals surface area contributed by atoms with E-state index in [1.165, 1.54) is 6.42 Å². The molecule has 0 spiro atoms. The third kappa shape index (κ3) is 3.56. The Bertz CT molecular complexity index is 161. The van der Waals surface area contributed by atoms with Gasteiger partial charge in [-0.15, -0.1) is 0 Å². The van der Waals surface area contributed by atoms with Gasteiger partial charge in [0.15, 0.2) is 0 Å². The summed E-state index contributed by atoms with van der Waals surface area (Å²) in [5.74, 6) is 0. The summed E-state index contributed by atoms with van der Waals surface area (Å²) in [5, 5.41) is 19.0. The molecule has 14 heavy (non-hydrogen) atoms. The Morgan fingerprint density at radius 2 is 2.00 bits per heavy atom. The highest BCUT2D eigenvalue weighted by atomic mass is 16.3. The Kier molecular flexibility index (Phi) is 4.85. The maximum Gasteiger partial charge on any atom is 0.0695 e.